The minimum atomic E-state index is -0.588. The minimum absolute atomic E-state index is 0.350. The second-order valence-corrected chi connectivity index (χ2v) is 4.69. The molecule has 2 aliphatic rings. The topological polar surface area (TPSA) is 52.3 Å². The normalized spacial score (nSPS) is 23.4. The number of methoxy groups -OCH3 is 1. The van der Waals surface area contributed by atoms with Gasteiger partial charge in [-0.3, -0.25) is 4.79 Å². The average molecular weight is 209 g/mol. The van der Waals surface area contributed by atoms with E-state index in [0.717, 1.165) is 11.8 Å². The third kappa shape index (κ3) is 2.81. The lowest BCUT2D eigenvalue weighted by molar-refractivity contribution is -0.140. The van der Waals surface area contributed by atoms with Crippen LogP contribution < -0.4 is 5.73 Å². The Morgan fingerprint density at radius 2 is 1.80 bits per heavy atom. The number of allylic oxidation sites excluding steroid dienone is 1. The molecule has 0 radical (unpaired) electrons. The zero-order chi connectivity index (χ0) is 10.8. The van der Waals surface area contributed by atoms with Crippen molar-refractivity contribution in [3.63, 3.8) is 0 Å². The Hall–Kier alpha value is -0.830. The molecule has 1 atom stereocenters. The summed E-state index contributed by atoms with van der Waals surface area (Å²) >= 11 is 0. The summed E-state index contributed by atoms with van der Waals surface area (Å²) in [6.07, 6.45) is 9.35. The largest absolute Gasteiger partial charge is 0.468 e. The minimum Gasteiger partial charge on any atom is -0.468 e. The van der Waals surface area contributed by atoms with E-state index < -0.39 is 6.04 Å². The monoisotopic (exact) mass is 209 g/mol. The predicted molar refractivity (Wildman–Crippen MR) is 58.1 cm³/mol. The molecule has 0 aromatic rings. The molecule has 2 fully saturated rings. The highest BCUT2D eigenvalue weighted by Crippen LogP contribution is 2.49. The first-order valence-corrected chi connectivity index (χ1v) is 5.74. The maximum atomic E-state index is 11.1. The first-order chi connectivity index (χ1) is 7.22. The molecule has 0 bridgehead atoms. The fourth-order valence-corrected chi connectivity index (χ4v) is 2.12. The van der Waals surface area contributed by atoms with Gasteiger partial charge < -0.3 is 10.5 Å². The summed E-state index contributed by atoms with van der Waals surface area (Å²) in [5, 5.41) is 0. The van der Waals surface area contributed by atoms with Gasteiger partial charge in [-0.25, -0.2) is 0 Å². The maximum Gasteiger partial charge on any atom is 0.326 e. The second kappa shape index (κ2) is 4.35. The Kier molecular flexibility index (Phi) is 3.10. The molecular formula is C12H19NO2. The van der Waals surface area contributed by atoms with Crippen molar-refractivity contribution < 1.29 is 9.53 Å². The summed E-state index contributed by atoms with van der Waals surface area (Å²) in [4.78, 5) is 11.1. The molecule has 15 heavy (non-hydrogen) atoms. The smallest absolute Gasteiger partial charge is 0.326 e. The van der Waals surface area contributed by atoms with Crippen LogP contribution in [0.3, 0.4) is 0 Å². The van der Waals surface area contributed by atoms with Crippen LogP contribution in [0.4, 0.5) is 0 Å². The highest BCUT2D eigenvalue weighted by Gasteiger charge is 2.39. The van der Waals surface area contributed by atoms with E-state index in [2.05, 4.69) is 10.8 Å². The summed E-state index contributed by atoms with van der Waals surface area (Å²) in [5.74, 6) is 2.04. The van der Waals surface area contributed by atoms with Crippen molar-refractivity contribution in [1.29, 1.82) is 0 Å². The third-order valence-corrected chi connectivity index (χ3v) is 3.35. The average Bonchev–Trinajstić information content (AvgIpc) is 3.07. The molecule has 0 heterocycles. The number of rotatable bonds is 5. The molecule has 0 aromatic heterocycles. The molecule has 0 spiro atoms. The number of carbonyl (C=O) groups excluding carboxylic acids is 1. The Bertz CT molecular complexity index is 255. The number of nitrogens with two attached hydrogens (primary N) is 1. The Labute approximate surface area is 90.7 Å². The lowest BCUT2D eigenvalue weighted by Gasteiger charge is -2.10. The predicted octanol–water partition coefficient (Wildman–Crippen LogP) is 1.48. The van der Waals surface area contributed by atoms with Crippen molar-refractivity contribution in [2.24, 2.45) is 23.5 Å². The van der Waals surface area contributed by atoms with Crippen LogP contribution in [-0.4, -0.2) is 19.1 Å². The molecule has 3 heteroatoms. The van der Waals surface area contributed by atoms with Crippen molar-refractivity contribution >= 4 is 5.97 Å². The van der Waals surface area contributed by atoms with Gasteiger partial charge in [0, 0.05) is 0 Å². The third-order valence-electron chi connectivity index (χ3n) is 3.35. The van der Waals surface area contributed by atoms with Gasteiger partial charge in [0.1, 0.15) is 6.04 Å². The van der Waals surface area contributed by atoms with Crippen molar-refractivity contribution in [1.82, 2.24) is 0 Å². The number of carbonyl (C=O) groups is 1. The number of esters is 1. The van der Waals surface area contributed by atoms with Crippen LogP contribution in [-0.2, 0) is 9.53 Å². The molecule has 1 unspecified atom stereocenters. The van der Waals surface area contributed by atoms with Gasteiger partial charge in [0.2, 0.25) is 0 Å². The first-order valence-electron chi connectivity index (χ1n) is 5.74. The van der Waals surface area contributed by atoms with Crippen molar-refractivity contribution in [3.05, 3.63) is 12.2 Å². The summed E-state index contributed by atoms with van der Waals surface area (Å²) < 4.78 is 4.58. The van der Waals surface area contributed by atoms with E-state index in [4.69, 9.17) is 5.73 Å². The van der Waals surface area contributed by atoms with Crippen LogP contribution in [0.2, 0.25) is 0 Å². The molecule has 3 nitrogen and oxygen atoms in total. The van der Waals surface area contributed by atoms with Crippen LogP contribution in [0.25, 0.3) is 0 Å². The molecule has 0 amide bonds. The molecule has 2 rings (SSSR count). The molecule has 0 saturated heterocycles. The van der Waals surface area contributed by atoms with Gasteiger partial charge in [0.25, 0.3) is 0 Å². The van der Waals surface area contributed by atoms with Gasteiger partial charge in [-0.05, 0) is 43.4 Å². The molecule has 0 aliphatic heterocycles. The summed E-state index contributed by atoms with van der Waals surface area (Å²) in [5.41, 5.74) is 5.66. The fraction of sp³-hybridized carbons (Fsp3) is 0.750. The summed E-state index contributed by atoms with van der Waals surface area (Å²) in [6, 6.07) is -0.588. The molecule has 2 N–H and O–H groups in total. The number of hydrogen-bond acceptors (Lipinski definition) is 3. The van der Waals surface area contributed by atoms with E-state index >= 15 is 0 Å². The molecule has 2 aliphatic carbocycles. The van der Waals surface area contributed by atoms with E-state index in [1.54, 1.807) is 0 Å². The first kappa shape index (κ1) is 10.7. The number of ether oxygens (including phenoxy) is 1. The van der Waals surface area contributed by atoms with E-state index in [0.29, 0.717) is 5.92 Å². The SMILES string of the molecule is COC(=O)C(N)/C=C/C(C1CC1)C1CC1. The van der Waals surface area contributed by atoms with Gasteiger partial charge in [0.05, 0.1) is 7.11 Å². The van der Waals surface area contributed by atoms with Gasteiger partial charge in [0.15, 0.2) is 0 Å². The Morgan fingerprint density at radius 1 is 1.27 bits per heavy atom. The van der Waals surface area contributed by atoms with Crippen LogP contribution in [0.15, 0.2) is 12.2 Å². The van der Waals surface area contributed by atoms with Gasteiger partial charge in [-0.1, -0.05) is 12.2 Å². The van der Waals surface area contributed by atoms with Crippen LogP contribution in [0.5, 0.6) is 0 Å². The zero-order valence-corrected chi connectivity index (χ0v) is 9.19. The molecule has 84 valence electrons. The lowest BCUT2D eigenvalue weighted by Crippen LogP contribution is -2.29. The van der Waals surface area contributed by atoms with E-state index in [9.17, 15) is 4.79 Å². The fourth-order valence-electron chi connectivity index (χ4n) is 2.12. The van der Waals surface area contributed by atoms with E-state index in [-0.39, 0.29) is 5.97 Å². The number of hydrogen-bond donors (Lipinski definition) is 1. The van der Waals surface area contributed by atoms with Crippen LogP contribution >= 0.6 is 0 Å². The Balaban J connectivity index is 1.87. The second-order valence-electron chi connectivity index (χ2n) is 4.69. The van der Waals surface area contributed by atoms with Gasteiger partial charge in [-0.2, -0.15) is 0 Å². The molecule has 0 aromatic carbocycles. The standard InChI is InChI=1S/C12H19NO2/c1-15-12(14)11(13)7-6-10(8-2-3-8)9-4-5-9/h6-11H,2-5,13H2,1H3/b7-6+. The quantitative estimate of drug-likeness (QED) is 0.551. The summed E-state index contributed by atoms with van der Waals surface area (Å²) in [7, 11) is 1.37. The zero-order valence-electron chi connectivity index (χ0n) is 9.19. The van der Waals surface area contributed by atoms with Crippen LogP contribution in [0, 0.1) is 17.8 Å². The van der Waals surface area contributed by atoms with Crippen molar-refractivity contribution in [3.8, 4) is 0 Å². The lowest BCUT2D eigenvalue weighted by atomic mass is 9.97. The molecular weight excluding hydrogens is 190 g/mol. The molecule has 2 saturated carbocycles. The van der Waals surface area contributed by atoms with Crippen LogP contribution in [0.1, 0.15) is 25.7 Å². The van der Waals surface area contributed by atoms with E-state index in [1.165, 1.54) is 32.8 Å². The maximum absolute atomic E-state index is 11.1. The van der Waals surface area contributed by atoms with E-state index in [1.807, 2.05) is 6.08 Å². The van der Waals surface area contributed by atoms with Gasteiger partial charge in [-0.15, -0.1) is 0 Å². The Morgan fingerprint density at radius 3 is 2.20 bits per heavy atom. The van der Waals surface area contributed by atoms with Gasteiger partial charge >= 0.3 is 5.97 Å². The van der Waals surface area contributed by atoms with Crippen molar-refractivity contribution in [2.45, 2.75) is 31.7 Å². The summed E-state index contributed by atoms with van der Waals surface area (Å²) in [6.45, 7) is 0. The highest BCUT2D eigenvalue weighted by atomic mass is 16.5. The van der Waals surface area contributed by atoms with Crippen molar-refractivity contribution in [2.75, 3.05) is 7.11 Å². The highest BCUT2D eigenvalue weighted by molar-refractivity contribution is 5.77.